The van der Waals surface area contributed by atoms with Crippen molar-refractivity contribution in [2.24, 2.45) is 0 Å². The molecule has 1 saturated heterocycles. The van der Waals surface area contributed by atoms with Gasteiger partial charge in [0.05, 0.1) is 25.5 Å². The Balaban J connectivity index is 1.85. The molecule has 2 amide bonds. The maximum atomic E-state index is 12.7. The number of carbonyl (C=O) groups is 3. The zero-order chi connectivity index (χ0) is 19.4. The first-order valence-corrected chi connectivity index (χ1v) is 8.51. The van der Waals surface area contributed by atoms with Gasteiger partial charge in [0, 0.05) is 24.2 Å². The molecule has 0 spiro atoms. The lowest BCUT2D eigenvalue weighted by Crippen LogP contribution is -2.24. The fraction of sp³-hybridized carbons (Fsp3) is 0.250. The van der Waals surface area contributed by atoms with Crippen LogP contribution in [-0.2, 0) is 9.53 Å². The van der Waals surface area contributed by atoms with Crippen molar-refractivity contribution in [3.05, 3.63) is 53.6 Å². The van der Waals surface area contributed by atoms with Gasteiger partial charge in [-0.25, -0.2) is 4.79 Å². The van der Waals surface area contributed by atoms with E-state index in [2.05, 4.69) is 5.32 Å². The summed E-state index contributed by atoms with van der Waals surface area (Å²) in [5.41, 5.74) is 1.75. The molecule has 0 atom stereocenters. The highest BCUT2D eigenvalue weighted by Gasteiger charge is 2.22. The van der Waals surface area contributed by atoms with Crippen LogP contribution in [0.15, 0.2) is 42.5 Å². The first kappa shape index (κ1) is 18.4. The van der Waals surface area contributed by atoms with E-state index in [1.165, 1.54) is 20.3 Å². The van der Waals surface area contributed by atoms with E-state index in [4.69, 9.17) is 9.47 Å². The molecule has 27 heavy (non-hydrogen) atoms. The van der Waals surface area contributed by atoms with Crippen LogP contribution in [-0.4, -0.2) is 38.5 Å². The molecular formula is C20H20N2O5. The van der Waals surface area contributed by atoms with E-state index in [1.807, 2.05) is 0 Å². The van der Waals surface area contributed by atoms with Gasteiger partial charge in [-0.05, 0) is 42.8 Å². The van der Waals surface area contributed by atoms with Crippen molar-refractivity contribution >= 4 is 29.2 Å². The van der Waals surface area contributed by atoms with E-state index in [-0.39, 0.29) is 11.8 Å². The number of rotatable bonds is 5. The van der Waals surface area contributed by atoms with Gasteiger partial charge in [0.1, 0.15) is 5.75 Å². The predicted octanol–water partition coefficient (Wildman–Crippen LogP) is 2.86. The maximum Gasteiger partial charge on any atom is 0.337 e. The molecular weight excluding hydrogens is 348 g/mol. The Morgan fingerprint density at radius 1 is 1.07 bits per heavy atom. The largest absolute Gasteiger partial charge is 0.495 e. The summed E-state index contributed by atoms with van der Waals surface area (Å²) in [6.45, 7) is 0.652. The Hall–Kier alpha value is -3.35. The minimum atomic E-state index is -0.511. The summed E-state index contributed by atoms with van der Waals surface area (Å²) in [5, 5.41) is 2.75. The molecule has 0 aromatic heterocycles. The van der Waals surface area contributed by atoms with Gasteiger partial charge in [-0.2, -0.15) is 0 Å². The fourth-order valence-corrected chi connectivity index (χ4v) is 2.98. The highest BCUT2D eigenvalue weighted by Crippen LogP contribution is 2.27. The molecule has 0 bridgehead atoms. The summed E-state index contributed by atoms with van der Waals surface area (Å²) in [6, 6.07) is 11.5. The second-order valence-corrected chi connectivity index (χ2v) is 6.06. The molecule has 0 aliphatic carbocycles. The Bertz CT molecular complexity index is 894. The summed E-state index contributed by atoms with van der Waals surface area (Å²) in [6.07, 6.45) is 1.33. The molecule has 2 aromatic rings. The van der Waals surface area contributed by atoms with Gasteiger partial charge in [-0.15, -0.1) is 0 Å². The van der Waals surface area contributed by atoms with Gasteiger partial charge in [0.2, 0.25) is 5.91 Å². The molecule has 0 radical (unpaired) electrons. The molecule has 0 saturated carbocycles. The van der Waals surface area contributed by atoms with Crippen LogP contribution >= 0.6 is 0 Å². The van der Waals surface area contributed by atoms with Crippen LogP contribution in [0.25, 0.3) is 0 Å². The molecule has 7 nitrogen and oxygen atoms in total. The second kappa shape index (κ2) is 7.90. The average Bonchev–Trinajstić information content (AvgIpc) is 3.13. The van der Waals surface area contributed by atoms with Gasteiger partial charge >= 0.3 is 5.97 Å². The molecule has 1 N–H and O–H groups in total. The number of hydrogen-bond acceptors (Lipinski definition) is 5. The fourth-order valence-electron chi connectivity index (χ4n) is 2.98. The van der Waals surface area contributed by atoms with E-state index >= 15 is 0 Å². The van der Waals surface area contributed by atoms with E-state index in [1.54, 1.807) is 41.3 Å². The van der Waals surface area contributed by atoms with Gasteiger partial charge < -0.3 is 19.7 Å². The molecule has 7 heteroatoms. The third-order valence-electron chi connectivity index (χ3n) is 4.36. The minimum absolute atomic E-state index is 0.0556. The normalized spacial score (nSPS) is 13.4. The number of hydrogen-bond donors (Lipinski definition) is 1. The topological polar surface area (TPSA) is 84.9 Å². The van der Waals surface area contributed by atoms with Crippen molar-refractivity contribution in [2.45, 2.75) is 12.8 Å². The molecule has 1 fully saturated rings. The van der Waals surface area contributed by atoms with Crippen molar-refractivity contribution in [3.8, 4) is 5.75 Å². The highest BCUT2D eigenvalue weighted by atomic mass is 16.5. The van der Waals surface area contributed by atoms with E-state index < -0.39 is 5.97 Å². The molecule has 1 aliphatic rings. The van der Waals surface area contributed by atoms with Crippen LogP contribution in [0, 0.1) is 0 Å². The summed E-state index contributed by atoms with van der Waals surface area (Å²) in [7, 11) is 2.76. The molecule has 140 valence electrons. The van der Waals surface area contributed by atoms with Gasteiger partial charge in [0.25, 0.3) is 5.91 Å². The van der Waals surface area contributed by atoms with Crippen LogP contribution in [0.2, 0.25) is 0 Å². The number of nitrogens with one attached hydrogen (secondary N) is 1. The van der Waals surface area contributed by atoms with Crippen molar-refractivity contribution in [1.29, 1.82) is 0 Å². The predicted molar refractivity (Wildman–Crippen MR) is 100 cm³/mol. The number of esters is 1. The highest BCUT2D eigenvalue weighted by molar-refractivity contribution is 6.07. The number of amides is 2. The number of benzene rings is 2. The van der Waals surface area contributed by atoms with Gasteiger partial charge in [-0.1, -0.05) is 6.07 Å². The Morgan fingerprint density at radius 3 is 2.56 bits per heavy atom. The first-order chi connectivity index (χ1) is 13.0. The zero-order valence-electron chi connectivity index (χ0n) is 15.2. The standard InChI is InChI=1S/C20H20N2O5/c1-26-17-9-8-14(20(25)27-2)12-16(17)21-19(24)13-5-3-6-15(11-13)22-10-4-7-18(22)23/h3,5-6,8-9,11-12H,4,7,10H2,1-2H3,(H,21,24). The van der Waals surface area contributed by atoms with Gasteiger partial charge in [-0.3, -0.25) is 9.59 Å². The molecule has 0 unspecified atom stereocenters. The lowest BCUT2D eigenvalue weighted by Gasteiger charge is -2.17. The van der Waals surface area contributed by atoms with Crippen molar-refractivity contribution in [1.82, 2.24) is 0 Å². The lowest BCUT2D eigenvalue weighted by atomic mass is 10.1. The van der Waals surface area contributed by atoms with Crippen molar-refractivity contribution in [3.63, 3.8) is 0 Å². The minimum Gasteiger partial charge on any atom is -0.495 e. The number of methoxy groups -OCH3 is 2. The zero-order valence-corrected chi connectivity index (χ0v) is 15.2. The summed E-state index contributed by atoms with van der Waals surface area (Å²) in [5.74, 6) is -0.409. The second-order valence-electron chi connectivity index (χ2n) is 6.06. The van der Waals surface area contributed by atoms with Gasteiger partial charge in [0.15, 0.2) is 0 Å². The number of anilines is 2. The first-order valence-electron chi connectivity index (χ1n) is 8.51. The lowest BCUT2D eigenvalue weighted by molar-refractivity contribution is -0.117. The van der Waals surface area contributed by atoms with Crippen molar-refractivity contribution in [2.75, 3.05) is 31.0 Å². The molecule has 1 aliphatic heterocycles. The quantitative estimate of drug-likeness (QED) is 0.821. The number of nitrogens with zero attached hydrogens (tertiary/aromatic N) is 1. The molecule has 2 aromatic carbocycles. The molecule has 3 rings (SSSR count). The van der Waals surface area contributed by atoms with Crippen LogP contribution in [0.3, 0.4) is 0 Å². The maximum absolute atomic E-state index is 12.7. The third-order valence-corrected chi connectivity index (χ3v) is 4.36. The third kappa shape index (κ3) is 3.92. The summed E-state index contributed by atoms with van der Waals surface area (Å²) >= 11 is 0. The van der Waals surface area contributed by atoms with E-state index in [0.717, 1.165) is 6.42 Å². The van der Waals surface area contributed by atoms with E-state index in [9.17, 15) is 14.4 Å². The molecule has 1 heterocycles. The van der Waals surface area contributed by atoms with Crippen LogP contribution < -0.4 is 15.0 Å². The Labute approximate surface area is 156 Å². The smallest absolute Gasteiger partial charge is 0.337 e. The van der Waals surface area contributed by atoms with Crippen molar-refractivity contribution < 1.29 is 23.9 Å². The summed E-state index contributed by atoms with van der Waals surface area (Å²) in [4.78, 5) is 38.0. The Morgan fingerprint density at radius 2 is 1.89 bits per heavy atom. The Kier molecular flexibility index (Phi) is 5.40. The van der Waals surface area contributed by atoms with Crippen LogP contribution in [0.1, 0.15) is 33.6 Å². The van der Waals surface area contributed by atoms with Crippen LogP contribution in [0.4, 0.5) is 11.4 Å². The number of ether oxygens (including phenoxy) is 2. The average molecular weight is 368 g/mol. The monoisotopic (exact) mass is 368 g/mol. The van der Waals surface area contributed by atoms with E-state index in [0.29, 0.717) is 41.2 Å². The SMILES string of the molecule is COC(=O)c1ccc(OC)c(NC(=O)c2cccc(N3CCCC3=O)c2)c1. The summed E-state index contributed by atoms with van der Waals surface area (Å²) < 4.78 is 9.96. The van der Waals surface area contributed by atoms with Crippen LogP contribution in [0.5, 0.6) is 5.75 Å². The number of carbonyl (C=O) groups excluding carboxylic acids is 3.